The Morgan fingerprint density at radius 3 is 2.04 bits per heavy atom. The molecule has 0 aromatic carbocycles. The molecule has 0 bridgehead atoms. The Bertz CT molecular complexity index is 375. The zero-order chi connectivity index (χ0) is 16.9. The average Bonchev–Trinajstić information content (AvgIpc) is 2.64. The van der Waals surface area contributed by atoms with Gasteiger partial charge in [0.25, 0.3) is 0 Å². The van der Waals surface area contributed by atoms with Gasteiger partial charge in [0.2, 0.25) is 0 Å². The molecule has 0 aromatic heterocycles. The monoisotopic (exact) mass is 332 g/mol. The highest BCUT2D eigenvalue weighted by molar-refractivity contribution is 4.90. The molecule has 24 heavy (non-hydrogen) atoms. The van der Waals surface area contributed by atoms with Gasteiger partial charge in [0, 0.05) is 0 Å². The quantitative estimate of drug-likeness (QED) is 0.514. The number of ether oxygens (including phenoxy) is 1. The van der Waals surface area contributed by atoms with Crippen LogP contribution >= 0.6 is 0 Å². The minimum atomic E-state index is 0.466. The van der Waals surface area contributed by atoms with E-state index in [4.69, 9.17) is 4.74 Å². The standard InChI is InChI=1S/C23H40O/c1-4-16-24-23-15-14-22(17(2)18(23)3)21-12-10-20(11-13-21)19-8-6-5-7-9-19/h4,17-23H,1,5-16H2,2-3H3. The molecule has 0 radical (unpaired) electrons. The molecule has 0 aliphatic heterocycles. The van der Waals surface area contributed by atoms with Gasteiger partial charge in [-0.3, -0.25) is 0 Å². The summed E-state index contributed by atoms with van der Waals surface area (Å²) in [6.45, 7) is 9.45. The third-order valence-corrected chi connectivity index (χ3v) is 8.04. The maximum Gasteiger partial charge on any atom is 0.0648 e. The molecule has 4 atom stereocenters. The van der Waals surface area contributed by atoms with Crippen molar-refractivity contribution < 1.29 is 4.74 Å². The molecule has 0 spiro atoms. The minimum Gasteiger partial charge on any atom is -0.374 e. The lowest BCUT2D eigenvalue weighted by molar-refractivity contribution is -0.0471. The van der Waals surface area contributed by atoms with Crippen LogP contribution in [0.25, 0.3) is 0 Å². The van der Waals surface area contributed by atoms with Crippen molar-refractivity contribution in [1.82, 2.24) is 0 Å². The van der Waals surface area contributed by atoms with Gasteiger partial charge in [0.15, 0.2) is 0 Å². The fourth-order valence-electron chi connectivity index (χ4n) is 6.35. The van der Waals surface area contributed by atoms with E-state index >= 15 is 0 Å². The van der Waals surface area contributed by atoms with E-state index in [1.807, 2.05) is 6.08 Å². The Morgan fingerprint density at radius 1 is 0.750 bits per heavy atom. The smallest absolute Gasteiger partial charge is 0.0648 e. The van der Waals surface area contributed by atoms with Crippen molar-refractivity contribution in [3.05, 3.63) is 12.7 Å². The van der Waals surface area contributed by atoms with Gasteiger partial charge >= 0.3 is 0 Å². The summed E-state index contributed by atoms with van der Waals surface area (Å²) in [6.07, 6.45) is 18.7. The van der Waals surface area contributed by atoms with Crippen molar-refractivity contribution in [3.63, 3.8) is 0 Å². The molecule has 3 saturated carbocycles. The first-order valence-electron chi connectivity index (χ1n) is 10.9. The van der Waals surface area contributed by atoms with E-state index in [2.05, 4.69) is 20.4 Å². The van der Waals surface area contributed by atoms with Crippen LogP contribution in [-0.4, -0.2) is 12.7 Å². The molecule has 0 heterocycles. The van der Waals surface area contributed by atoms with Gasteiger partial charge in [-0.2, -0.15) is 0 Å². The van der Waals surface area contributed by atoms with Gasteiger partial charge in [-0.15, -0.1) is 6.58 Å². The maximum absolute atomic E-state index is 6.03. The normalized spacial score (nSPS) is 41.9. The summed E-state index contributed by atoms with van der Waals surface area (Å²) in [5.74, 6) is 5.64. The predicted octanol–water partition coefficient (Wildman–Crippen LogP) is 6.63. The number of hydrogen-bond donors (Lipinski definition) is 0. The second kappa shape index (κ2) is 8.88. The Hall–Kier alpha value is -0.300. The molecule has 0 N–H and O–H groups in total. The van der Waals surface area contributed by atoms with Crippen LogP contribution in [0.15, 0.2) is 12.7 Å². The van der Waals surface area contributed by atoms with E-state index in [9.17, 15) is 0 Å². The third-order valence-electron chi connectivity index (χ3n) is 8.04. The lowest BCUT2D eigenvalue weighted by Crippen LogP contribution is -2.40. The summed E-state index contributed by atoms with van der Waals surface area (Å²) in [5, 5.41) is 0. The lowest BCUT2D eigenvalue weighted by atomic mass is 9.62. The van der Waals surface area contributed by atoms with E-state index in [0.717, 1.165) is 36.2 Å². The minimum absolute atomic E-state index is 0.466. The van der Waals surface area contributed by atoms with Gasteiger partial charge in [-0.05, 0) is 74.0 Å². The SMILES string of the molecule is C=CCOC1CCC(C2CCC(C3CCCCC3)CC2)C(C)C1C. The first-order valence-corrected chi connectivity index (χ1v) is 10.9. The van der Waals surface area contributed by atoms with Crippen LogP contribution in [0.1, 0.15) is 84.5 Å². The molecule has 3 fully saturated rings. The zero-order valence-corrected chi connectivity index (χ0v) is 16.2. The molecule has 0 amide bonds. The van der Waals surface area contributed by atoms with Crippen LogP contribution < -0.4 is 0 Å². The molecule has 1 heteroatoms. The van der Waals surface area contributed by atoms with Crippen LogP contribution in [-0.2, 0) is 4.74 Å². The fourth-order valence-corrected chi connectivity index (χ4v) is 6.35. The van der Waals surface area contributed by atoms with Crippen molar-refractivity contribution >= 4 is 0 Å². The molecular formula is C23H40O. The molecule has 3 rings (SSSR count). The summed E-state index contributed by atoms with van der Waals surface area (Å²) in [5.41, 5.74) is 0. The summed E-state index contributed by atoms with van der Waals surface area (Å²) in [6, 6.07) is 0. The first kappa shape index (κ1) is 18.5. The topological polar surface area (TPSA) is 9.23 Å². The Kier molecular flexibility index (Phi) is 6.84. The van der Waals surface area contributed by atoms with Gasteiger partial charge in [-0.1, -0.05) is 52.0 Å². The Balaban J connectivity index is 1.48. The summed E-state index contributed by atoms with van der Waals surface area (Å²) in [7, 11) is 0. The largest absolute Gasteiger partial charge is 0.374 e. The molecule has 3 aliphatic rings. The molecule has 0 saturated heterocycles. The highest BCUT2D eigenvalue weighted by Crippen LogP contribution is 2.47. The highest BCUT2D eigenvalue weighted by atomic mass is 16.5. The molecule has 0 aromatic rings. The van der Waals surface area contributed by atoms with Gasteiger partial charge < -0.3 is 4.74 Å². The van der Waals surface area contributed by atoms with Crippen molar-refractivity contribution in [3.8, 4) is 0 Å². The molecule has 3 aliphatic carbocycles. The van der Waals surface area contributed by atoms with Gasteiger partial charge in [-0.25, -0.2) is 0 Å². The van der Waals surface area contributed by atoms with Crippen molar-refractivity contribution in [2.45, 2.75) is 90.6 Å². The van der Waals surface area contributed by atoms with E-state index in [-0.39, 0.29) is 0 Å². The number of hydrogen-bond acceptors (Lipinski definition) is 1. The molecule has 4 unspecified atom stereocenters. The fraction of sp³-hybridized carbons (Fsp3) is 0.913. The van der Waals surface area contributed by atoms with Crippen LogP contribution in [0.3, 0.4) is 0 Å². The molecule has 1 nitrogen and oxygen atoms in total. The molecular weight excluding hydrogens is 292 g/mol. The van der Waals surface area contributed by atoms with Crippen molar-refractivity contribution in [2.24, 2.45) is 35.5 Å². The third kappa shape index (κ3) is 4.26. The first-order chi connectivity index (χ1) is 11.7. The predicted molar refractivity (Wildman–Crippen MR) is 103 cm³/mol. The van der Waals surface area contributed by atoms with Crippen LogP contribution in [0, 0.1) is 35.5 Å². The van der Waals surface area contributed by atoms with Gasteiger partial charge in [0.1, 0.15) is 0 Å². The highest BCUT2D eigenvalue weighted by Gasteiger charge is 2.40. The van der Waals surface area contributed by atoms with Gasteiger partial charge in [0.05, 0.1) is 12.7 Å². The summed E-state index contributed by atoms with van der Waals surface area (Å²) >= 11 is 0. The lowest BCUT2D eigenvalue weighted by Gasteiger charge is -2.46. The van der Waals surface area contributed by atoms with Crippen molar-refractivity contribution in [1.29, 1.82) is 0 Å². The van der Waals surface area contributed by atoms with Crippen molar-refractivity contribution in [2.75, 3.05) is 6.61 Å². The van der Waals surface area contributed by atoms with E-state index < -0.39 is 0 Å². The van der Waals surface area contributed by atoms with Crippen LogP contribution in [0.2, 0.25) is 0 Å². The van der Waals surface area contributed by atoms with Crippen LogP contribution in [0.5, 0.6) is 0 Å². The van der Waals surface area contributed by atoms with Crippen LogP contribution in [0.4, 0.5) is 0 Å². The molecule has 138 valence electrons. The number of rotatable bonds is 5. The Labute approximate surface area is 150 Å². The second-order valence-corrected chi connectivity index (χ2v) is 9.19. The van der Waals surface area contributed by atoms with E-state index in [1.54, 1.807) is 0 Å². The zero-order valence-electron chi connectivity index (χ0n) is 16.2. The van der Waals surface area contributed by atoms with E-state index in [1.165, 1.54) is 70.6 Å². The van der Waals surface area contributed by atoms with E-state index in [0.29, 0.717) is 12.0 Å². The second-order valence-electron chi connectivity index (χ2n) is 9.19. The summed E-state index contributed by atoms with van der Waals surface area (Å²) in [4.78, 5) is 0. The Morgan fingerprint density at radius 2 is 1.38 bits per heavy atom. The maximum atomic E-state index is 6.03. The average molecular weight is 333 g/mol. The summed E-state index contributed by atoms with van der Waals surface area (Å²) < 4.78 is 6.03.